The molecule has 2 aromatic heterocycles. The van der Waals surface area contributed by atoms with Crippen molar-refractivity contribution in [2.24, 2.45) is 5.92 Å². The largest absolute Gasteiger partial charge is 0.451 e. The Hall–Kier alpha value is -2.79. The molecule has 2 atom stereocenters. The van der Waals surface area contributed by atoms with Crippen molar-refractivity contribution >= 4 is 5.91 Å². The number of amides is 1. The third-order valence-electron chi connectivity index (χ3n) is 6.38. The van der Waals surface area contributed by atoms with E-state index in [9.17, 15) is 4.79 Å². The Morgan fingerprint density at radius 1 is 1.07 bits per heavy atom. The van der Waals surface area contributed by atoms with Crippen molar-refractivity contribution < 1.29 is 9.21 Å². The third kappa shape index (κ3) is 3.06. The average molecular weight is 375 g/mol. The van der Waals surface area contributed by atoms with Crippen LogP contribution in [0.25, 0.3) is 22.6 Å². The smallest absolute Gasteiger partial charge is 0.287 e. The van der Waals surface area contributed by atoms with Crippen LogP contribution in [0.5, 0.6) is 0 Å². The van der Waals surface area contributed by atoms with Crippen molar-refractivity contribution in [3.8, 4) is 22.6 Å². The number of hydrogen-bond acceptors (Lipinski definition) is 3. The lowest BCUT2D eigenvalue weighted by molar-refractivity contribution is 0.0211. The molecular weight excluding hydrogens is 350 g/mol. The number of rotatable bonds is 4. The van der Waals surface area contributed by atoms with Gasteiger partial charge in [-0.25, -0.2) is 0 Å². The maximum Gasteiger partial charge on any atom is 0.287 e. The Morgan fingerprint density at radius 3 is 2.50 bits per heavy atom. The van der Waals surface area contributed by atoms with Gasteiger partial charge in [-0.1, -0.05) is 24.3 Å². The second kappa shape index (κ2) is 6.99. The van der Waals surface area contributed by atoms with Crippen LogP contribution in [0.2, 0.25) is 0 Å². The molecule has 0 saturated carbocycles. The summed E-state index contributed by atoms with van der Waals surface area (Å²) in [5.41, 5.74) is 3.16. The molecule has 0 radical (unpaired) electrons. The number of H-pyrrole nitrogens is 1. The normalized spacial score (nSPS) is 26.3. The van der Waals surface area contributed by atoms with E-state index in [2.05, 4.69) is 34.3 Å². The van der Waals surface area contributed by atoms with E-state index in [4.69, 9.17) is 4.42 Å². The highest BCUT2D eigenvalue weighted by molar-refractivity contribution is 5.92. The van der Waals surface area contributed by atoms with Crippen molar-refractivity contribution in [2.75, 3.05) is 13.1 Å². The lowest BCUT2D eigenvalue weighted by Gasteiger charge is -2.49. The van der Waals surface area contributed by atoms with Gasteiger partial charge in [0, 0.05) is 29.5 Å². The molecule has 2 N–H and O–H groups in total. The summed E-state index contributed by atoms with van der Waals surface area (Å²) in [6.07, 6.45) is 4.26. The number of benzene rings is 1. The van der Waals surface area contributed by atoms with Crippen LogP contribution in [-0.4, -0.2) is 41.0 Å². The molecule has 5 nitrogen and oxygen atoms in total. The van der Waals surface area contributed by atoms with Gasteiger partial charge in [0.15, 0.2) is 5.76 Å². The standard InChI is InChI=1S/C23H25N3O2/c1-15-22(18-10-13-26(15)14-11-18)25-23(27)21-9-8-20(28-21)17-6-4-16(5-7-17)19-3-2-12-24-19/h2-9,12,15,18,22,24H,10-11,13-14H2,1H3,(H,25,27)/t15-,22+/m1/s1. The first-order valence-electron chi connectivity index (χ1n) is 10.1. The van der Waals surface area contributed by atoms with Gasteiger partial charge < -0.3 is 14.7 Å². The number of aromatic amines is 1. The van der Waals surface area contributed by atoms with Crippen LogP contribution in [-0.2, 0) is 0 Å². The molecule has 3 saturated heterocycles. The Balaban J connectivity index is 1.30. The van der Waals surface area contributed by atoms with E-state index in [0.29, 0.717) is 23.5 Å². The number of fused-ring (bicyclic) bond motifs is 3. The summed E-state index contributed by atoms with van der Waals surface area (Å²) in [5.74, 6) is 1.57. The number of carbonyl (C=O) groups excluding carboxylic acids is 1. The van der Waals surface area contributed by atoms with E-state index in [0.717, 1.165) is 29.9 Å². The number of piperidine rings is 3. The van der Waals surface area contributed by atoms with Gasteiger partial charge in [0.2, 0.25) is 0 Å². The number of hydrogen-bond donors (Lipinski definition) is 2. The molecule has 5 heterocycles. The fourth-order valence-electron chi connectivity index (χ4n) is 4.71. The van der Waals surface area contributed by atoms with Crippen LogP contribution < -0.4 is 5.32 Å². The summed E-state index contributed by atoms with van der Waals surface area (Å²) in [7, 11) is 0. The van der Waals surface area contributed by atoms with Gasteiger partial charge >= 0.3 is 0 Å². The van der Waals surface area contributed by atoms with Gasteiger partial charge in [-0.2, -0.15) is 0 Å². The molecule has 6 rings (SSSR count). The lowest BCUT2D eigenvalue weighted by Crippen LogP contribution is -2.62. The first-order chi connectivity index (χ1) is 13.7. The minimum Gasteiger partial charge on any atom is -0.451 e. The average Bonchev–Trinajstić information content (AvgIpc) is 3.43. The summed E-state index contributed by atoms with van der Waals surface area (Å²) in [6.45, 7) is 4.53. The summed E-state index contributed by atoms with van der Waals surface area (Å²) in [5, 5.41) is 3.23. The molecule has 3 fully saturated rings. The highest BCUT2D eigenvalue weighted by atomic mass is 16.3. The van der Waals surface area contributed by atoms with Crippen LogP contribution in [0.3, 0.4) is 0 Å². The molecule has 2 bridgehead atoms. The topological polar surface area (TPSA) is 61.3 Å². The zero-order valence-electron chi connectivity index (χ0n) is 16.0. The van der Waals surface area contributed by atoms with Crippen molar-refractivity contribution in [3.05, 3.63) is 60.5 Å². The minimum absolute atomic E-state index is 0.111. The SMILES string of the molecule is C[C@@H]1[C@H](NC(=O)c2ccc(-c3ccc(-c4ccc[nH]4)cc3)o2)C2CCN1CC2. The maximum atomic E-state index is 12.8. The second-order valence-corrected chi connectivity index (χ2v) is 7.94. The van der Waals surface area contributed by atoms with Gasteiger partial charge in [-0.05, 0) is 68.6 Å². The molecule has 144 valence electrons. The van der Waals surface area contributed by atoms with E-state index < -0.39 is 0 Å². The molecule has 5 heteroatoms. The lowest BCUT2D eigenvalue weighted by atomic mass is 9.79. The molecule has 1 aromatic carbocycles. The van der Waals surface area contributed by atoms with E-state index in [1.807, 2.05) is 36.5 Å². The Bertz CT molecular complexity index is 948. The van der Waals surface area contributed by atoms with E-state index in [-0.39, 0.29) is 11.9 Å². The molecule has 0 unspecified atom stereocenters. The zero-order chi connectivity index (χ0) is 19.1. The monoisotopic (exact) mass is 375 g/mol. The quantitative estimate of drug-likeness (QED) is 0.720. The van der Waals surface area contributed by atoms with E-state index in [1.54, 1.807) is 6.07 Å². The van der Waals surface area contributed by atoms with E-state index in [1.165, 1.54) is 12.8 Å². The minimum atomic E-state index is -0.111. The molecule has 3 aliphatic rings. The maximum absolute atomic E-state index is 12.8. The third-order valence-corrected chi connectivity index (χ3v) is 6.38. The molecule has 3 aromatic rings. The Morgan fingerprint density at radius 2 is 1.82 bits per heavy atom. The highest BCUT2D eigenvalue weighted by Crippen LogP contribution is 2.32. The molecular formula is C23H25N3O2. The summed E-state index contributed by atoms with van der Waals surface area (Å²) < 4.78 is 5.89. The first kappa shape index (κ1) is 17.3. The van der Waals surface area contributed by atoms with E-state index >= 15 is 0 Å². The Labute approximate surface area is 164 Å². The summed E-state index contributed by atoms with van der Waals surface area (Å²) >= 11 is 0. The van der Waals surface area contributed by atoms with Gasteiger partial charge in [0.05, 0.1) is 0 Å². The number of carbonyl (C=O) groups is 1. The van der Waals surface area contributed by atoms with Crippen molar-refractivity contribution in [2.45, 2.75) is 31.8 Å². The van der Waals surface area contributed by atoms with Crippen molar-refractivity contribution in [1.29, 1.82) is 0 Å². The number of nitrogens with one attached hydrogen (secondary N) is 2. The summed E-state index contributed by atoms with van der Waals surface area (Å²) in [6, 6.07) is 16.4. The number of nitrogens with zero attached hydrogens (tertiary/aromatic N) is 1. The van der Waals surface area contributed by atoms with Crippen LogP contribution in [0.15, 0.2) is 59.1 Å². The highest BCUT2D eigenvalue weighted by Gasteiger charge is 2.40. The van der Waals surface area contributed by atoms with Gasteiger partial charge in [0.25, 0.3) is 5.91 Å². The molecule has 1 amide bonds. The van der Waals surface area contributed by atoms with Crippen LogP contribution >= 0.6 is 0 Å². The van der Waals surface area contributed by atoms with Crippen molar-refractivity contribution in [1.82, 2.24) is 15.2 Å². The zero-order valence-corrected chi connectivity index (χ0v) is 16.0. The first-order valence-corrected chi connectivity index (χ1v) is 10.1. The van der Waals surface area contributed by atoms with Gasteiger partial charge in [-0.3, -0.25) is 9.69 Å². The van der Waals surface area contributed by atoms with Crippen LogP contribution in [0.4, 0.5) is 0 Å². The molecule has 28 heavy (non-hydrogen) atoms. The van der Waals surface area contributed by atoms with Crippen molar-refractivity contribution in [3.63, 3.8) is 0 Å². The molecule has 3 aliphatic heterocycles. The number of aromatic nitrogens is 1. The van der Waals surface area contributed by atoms with Gasteiger partial charge in [0.1, 0.15) is 5.76 Å². The summed E-state index contributed by atoms with van der Waals surface area (Å²) in [4.78, 5) is 18.4. The fraction of sp³-hybridized carbons (Fsp3) is 0.348. The van der Waals surface area contributed by atoms with Gasteiger partial charge in [-0.15, -0.1) is 0 Å². The predicted molar refractivity (Wildman–Crippen MR) is 109 cm³/mol. The predicted octanol–water partition coefficient (Wildman–Crippen LogP) is 4.15. The number of furan rings is 1. The Kier molecular flexibility index (Phi) is 4.32. The van der Waals surface area contributed by atoms with Crippen LogP contribution in [0.1, 0.15) is 30.3 Å². The molecule has 0 spiro atoms. The fourth-order valence-corrected chi connectivity index (χ4v) is 4.71. The second-order valence-electron chi connectivity index (χ2n) is 7.94. The van der Waals surface area contributed by atoms with Crippen LogP contribution in [0, 0.1) is 5.92 Å². The molecule has 0 aliphatic carbocycles.